The van der Waals surface area contributed by atoms with Crippen LogP contribution in [0.4, 0.5) is 5.69 Å². The summed E-state index contributed by atoms with van der Waals surface area (Å²) in [6, 6.07) is 2.13. The molecule has 0 spiro atoms. The lowest BCUT2D eigenvalue weighted by atomic mass is 10.0. The van der Waals surface area contributed by atoms with E-state index in [1.807, 2.05) is 6.92 Å². The van der Waals surface area contributed by atoms with E-state index >= 15 is 0 Å². The third-order valence-electron chi connectivity index (χ3n) is 3.50. The largest absolute Gasteiger partial charge is 0.381 e. The fourth-order valence-electron chi connectivity index (χ4n) is 2.19. The zero-order valence-electron chi connectivity index (χ0n) is 11.3. The Morgan fingerprint density at radius 2 is 2.24 bits per heavy atom. The minimum absolute atomic E-state index is 0.00151. The Morgan fingerprint density at radius 3 is 2.81 bits per heavy atom. The van der Waals surface area contributed by atoms with Crippen LogP contribution in [0, 0.1) is 16.0 Å². The van der Waals surface area contributed by atoms with E-state index in [4.69, 9.17) is 27.9 Å². The van der Waals surface area contributed by atoms with Gasteiger partial charge in [-0.05, 0) is 13.3 Å². The van der Waals surface area contributed by atoms with Gasteiger partial charge in [-0.25, -0.2) is 0 Å². The summed E-state index contributed by atoms with van der Waals surface area (Å²) in [6.45, 7) is 3.13. The first-order valence-electron chi connectivity index (χ1n) is 6.42. The van der Waals surface area contributed by atoms with Crippen molar-refractivity contribution in [1.82, 2.24) is 5.32 Å². The molecule has 1 aliphatic heterocycles. The van der Waals surface area contributed by atoms with Gasteiger partial charge in [0.2, 0.25) is 0 Å². The molecule has 1 saturated heterocycles. The number of benzene rings is 1. The predicted molar refractivity (Wildman–Crippen MR) is 79.0 cm³/mol. The van der Waals surface area contributed by atoms with Crippen LogP contribution < -0.4 is 5.32 Å². The predicted octanol–water partition coefficient (Wildman–Crippen LogP) is 3.06. The van der Waals surface area contributed by atoms with Crippen molar-refractivity contribution in [3.8, 4) is 0 Å². The van der Waals surface area contributed by atoms with Gasteiger partial charge < -0.3 is 10.1 Å². The number of carbonyl (C=O) groups is 1. The molecule has 2 rings (SSSR count). The van der Waals surface area contributed by atoms with Gasteiger partial charge >= 0.3 is 0 Å². The number of rotatable bonds is 4. The Labute approximate surface area is 131 Å². The molecule has 1 amide bonds. The number of halogens is 2. The molecule has 1 aromatic rings. The number of amides is 1. The molecule has 1 N–H and O–H groups in total. The molecule has 0 radical (unpaired) electrons. The quantitative estimate of drug-likeness (QED) is 0.678. The summed E-state index contributed by atoms with van der Waals surface area (Å²) in [4.78, 5) is 22.5. The first-order valence-corrected chi connectivity index (χ1v) is 7.17. The third kappa shape index (κ3) is 3.64. The van der Waals surface area contributed by atoms with Crippen LogP contribution in [0.15, 0.2) is 12.1 Å². The first kappa shape index (κ1) is 16.0. The van der Waals surface area contributed by atoms with Gasteiger partial charge in [0.05, 0.1) is 27.1 Å². The number of nitro benzene ring substituents is 1. The number of hydrogen-bond acceptors (Lipinski definition) is 4. The molecule has 0 aliphatic carbocycles. The number of nitro groups is 1. The van der Waals surface area contributed by atoms with Gasteiger partial charge in [-0.15, -0.1) is 0 Å². The van der Waals surface area contributed by atoms with Gasteiger partial charge in [0.1, 0.15) is 0 Å². The zero-order chi connectivity index (χ0) is 15.6. The van der Waals surface area contributed by atoms with Crippen LogP contribution >= 0.6 is 23.2 Å². The van der Waals surface area contributed by atoms with Gasteiger partial charge in [-0.3, -0.25) is 14.9 Å². The Hall–Kier alpha value is -1.37. The smallest absolute Gasteiger partial charge is 0.271 e. The van der Waals surface area contributed by atoms with E-state index < -0.39 is 10.8 Å². The molecule has 6 nitrogen and oxygen atoms in total. The second-order valence-electron chi connectivity index (χ2n) is 4.93. The average molecular weight is 333 g/mol. The monoisotopic (exact) mass is 332 g/mol. The highest BCUT2D eigenvalue weighted by Crippen LogP contribution is 2.31. The molecule has 0 bridgehead atoms. The fourth-order valence-corrected chi connectivity index (χ4v) is 2.60. The summed E-state index contributed by atoms with van der Waals surface area (Å²) >= 11 is 11.8. The second-order valence-corrected chi connectivity index (χ2v) is 5.72. The first-order chi connectivity index (χ1) is 9.90. The van der Waals surface area contributed by atoms with Crippen molar-refractivity contribution in [3.63, 3.8) is 0 Å². The van der Waals surface area contributed by atoms with Crippen LogP contribution in [0.1, 0.15) is 23.7 Å². The van der Waals surface area contributed by atoms with Gasteiger partial charge in [0.25, 0.3) is 11.6 Å². The summed E-state index contributed by atoms with van der Waals surface area (Å²) in [7, 11) is 0. The third-order valence-corrected chi connectivity index (χ3v) is 4.30. The standard InChI is InChI=1S/C13H14Cl2N2O4/c1-7(8-2-3-21-6-8)16-13(18)10-4-9(17(19)20)5-11(14)12(10)15/h4-5,7-8H,2-3,6H2,1H3,(H,16,18). The van der Waals surface area contributed by atoms with Crippen LogP contribution in [0.25, 0.3) is 0 Å². The minimum Gasteiger partial charge on any atom is -0.381 e. The molecule has 1 fully saturated rings. The highest BCUT2D eigenvalue weighted by molar-refractivity contribution is 6.44. The van der Waals surface area contributed by atoms with Crippen molar-refractivity contribution in [2.24, 2.45) is 5.92 Å². The summed E-state index contributed by atoms with van der Waals surface area (Å²) in [5.74, 6) is -0.258. The molecule has 0 aromatic heterocycles. The lowest BCUT2D eigenvalue weighted by Crippen LogP contribution is -2.38. The summed E-state index contributed by atoms with van der Waals surface area (Å²) in [5, 5.41) is 13.6. The Bertz CT molecular complexity index is 574. The van der Waals surface area contributed by atoms with E-state index in [-0.39, 0.29) is 33.3 Å². The van der Waals surface area contributed by atoms with E-state index in [1.54, 1.807) is 0 Å². The Balaban J connectivity index is 2.19. The van der Waals surface area contributed by atoms with Gasteiger partial charge in [-0.1, -0.05) is 23.2 Å². The highest BCUT2D eigenvalue weighted by atomic mass is 35.5. The molecule has 1 heterocycles. The number of hydrogen-bond donors (Lipinski definition) is 1. The topological polar surface area (TPSA) is 81.5 Å². The van der Waals surface area contributed by atoms with E-state index in [0.29, 0.717) is 13.2 Å². The lowest BCUT2D eigenvalue weighted by molar-refractivity contribution is -0.384. The Kier molecular flexibility index (Phi) is 5.03. The maximum Gasteiger partial charge on any atom is 0.271 e. The van der Waals surface area contributed by atoms with E-state index in [9.17, 15) is 14.9 Å². The highest BCUT2D eigenvalue weighted by Gasteiger charge is 2.26. The SMILES string of the molecule is CC(NC(=O)c1cc([N+](=O)[O-])cc(Cl)c1Cl)C1CCOC1. The van der Waals surface area contributed by atoms with E-state index in [1.165, 1.54) is 0 Å². The van der Waals surface area contributed by atoms with Crippen molar-refractivity contribution in [2.45, 2.75) is 19.4 Å². The maximum absolute atomic E-state index is 12.2. The molecular formula is C13H14Cl2N2O4. The van der Waals surface area contributed by atoms with E-state index in [0.717, 1.165) is 18.6 Å². The molecule has 1 aromatic carbocycles. The minimum atomic E-state index is -0.618. The average Bonchev–Trinajstić information content (AvgIpc) is 2.95. The van der Waals surface area contributed by atoms with Crippen molar-refractivity contribution in [3.05, 3.63) is 37.9 Å². The van der Waals surface area contributed by atoms with Crippen LogP contribution in [-0.2, 0) is 4.74 Å². The van der Waals surface area contributed by atoms with E-state index in [2.05, 4.69) is 5.32 Å². The van der Waals surface area contributed by atoms with Crippen LogP contribution in [-0.4, -0.2) is 30.1 Å². The number of non-ortho nitro benzene ring substituents is 1. The molecule has 8 heteroatoms. The van der Waals surface area contributed by atoms with Crippen LogP contribution in [0.3, 0.4) is 0 Å². The van der Waals surface area contributed by atoms with Gasteiger partial charge in [0.15, 0.2) is 0 Å². The molecule has 2 unspecified atom stereocenters. The van der Waals surface area contributed by atoms with Crippen LogP contribution in [0.5, 0.6) is 0 Å². The normalized spacial score (nSPS) is 19.3. The molecule has 2 atom stereocenters. The van der Waals surface area contributed by atoms with Gasteiger partial charge in [0, 0.05) is 30.7 Å². The summed E-state index contributed by atoms with van der Waals surface area (Å²) in [6.07, 6.45) is 0.866. The van der Waals surface area contributed by atoms with Crippen molar-refractivity contribution < 1.29 is 14.5 Å². The van der Waals surface area contributed by atoms with Crippen LogP contribution in [0.2, 0.25) is 10.0 Å². The number of carbonyl (C=O) groups excluding carboxylic acids is 1. The maximum atomic E-state index is 12.2. The molecule has 21 heavy (non-hydrogen) atoms. The van der Waals surface area contributed by atoms with Gasteiger partial charge in [-0.2, -0.15) is 0 Å². The number of nitrogens with zero attached hydrogens (tertiary/aromatic N) is 1. The summed E-state index contributed by atoms with van der Waals surface area (Å²) < 4.78 is 5.27. The lowest BCUT2D eigenvalue weighted by Gasteiger charge is -2.19. The molecule has 1 aliphatic rings. The second kappa shape index (κ2) is 6.60. The molecule has 0 saturated carbocycles. The summed E-state index contributed by atoms with van der Waals surface area (Å²) in [5.41, 5.74) is -0.270. The van der Waals surface area contributed by atoms with Crippen molar-refractivity contribution in [2.75, 3.05) is 13.2 Å². The number of nitrogens with one attached hydrogen (secondary N) is 1. The Morgan fingerprint density at radius 1 is 1.52 bits per heavy atom. The number of ether oxygens (including phenoxy) is 1. The van der Waals surface area contributed by atoms with Crippen molar-refractivity contribution >= 4 is 34.8 Å². The zero-order valence-corrected chi connectivity index (χ0v) is 12.8. The van der Waals surface area contributed by atoms with Crippen molar-refractivity contribution in [1.29, 1.82) is 0 Å². The fraction of sp³-hybridized carbons (Fsp3) is 0.462. The molecular weight excluding hydrogens is 319 g/mol. The molecule has 114 valence electrons.